The maximum Gasteiger partial charge on any atom is 0.267 e. The van der Waals surface area contributed by atoms with E-state index in [0.29, 0.717) is 30.6 Å². The number of rotatable bonds is 4. The fourth-order valence-corrected chi connectivity index (χ4v) is 5.45. The summed E-state index contributed by atoms with van der Waals surface area (Å²) in [4.78, 5) is 15.6. The first kappa shape index (κ1) is 18.5. The van der Waals surface area contributed by atoms with Gasteiger partial charge in [-0.05, 0) is 37.2 Å². The van der Waals surface area contributed by atoms with Crippen molar-refractivity contribution in [1.82, 2.24) is 14.6 Å². The van der Waals surface area contributed by atoms with Crippen molar-refractivity contribution in [3.8, 4) is 0 Å². The van der Waals surface area contributed by atoms with Gasteiger partial charge in [0.2, 0.25) is 10.0 Å². The van der Waals surface area contributed by atoms with E-state index in [1.165, 1.54) is 23.0 Å². The van der Waals surface area contributed by atoms with Gasteiger partial charge in [-0.1, -0.05) is 33.1 Å². The number of aromatic amines is 1. The highest BCUT2D eigenvalue weighted by atomic mass is 32.2. The van der Waals surface area contributed by atoms with Gasteiger partial charge >= 0.3 is 0 Å². The number of amides is 1. The van der Waals surface area contributed by atoms with Crippen molar-refractivity contribution >= 4 is 15.9 Å². The second-order valence-corrected chi connectivity index (χ2v) is 9.50. The molecule has 6 nitrogen and oxygen atoms in total. The molecule has 7 heteroatoms. The summed E-state index contributed by atoms with van der Waals surface area (Å²) in [7, 11) is -3.51. The average molecular weight is 368 g/mol. The molecule has 25 heavy (non-hydrogen) atoms. The highest BCUT2D eigenvalue weighted by Crippen LogP contribution is 2.29. The summed E-state index contributed by atoms with van der Waals surface area (Å²) in [6, 6.07) is 1.62. The first-order valence-corrected chi connectivity index (χ1v) is 10.8. The summed E-state index contributed by atoms with van der Waals surface area (Å²) in [5.74, 6) is 0.813. The molecule has 0 radical (unpaired) electrons. The number of carbonyl (C=O) groups is 1. The molecule has 2 heterocycles. The Kier molecular flexibility index (Phi) is 5.53. The molecule has 1 saturated carbocycles. The summed E-state index contributed by atoms with van der Waals surface area (Å²) in [5.41, 5.74) is 0.320. The van der Waals surface area contributed by atoms with Crippen LogP contribution in [-0.2, 0) is 10.0 Å². The lowest BCUT2D eigenvalue weighted by Crippen LogP contribution is -2.43. The zero-order valence-electron chi connectivity index (χ0n) is 15.1. The van der Waals surface area contributed by atoms with Crippen LogP contribution in [0.15, 0.2) is 17.2 Å². The number of H-pyrrole nitrogens is 1. The average Bonchev–Trinajstić information content (AvgIpc) is 3.11. The molecule has 0 spiro atoms. The van der Waals surface area contributed by atoms with Crippen LogP contribution in [0, 0.1) is 11.8 Å². The first-order valence-electron chi connectivity index (χ1n) is 9.39. The molecule has 1 amide bonds. The van der Waals surface area contributed by atoms with E-state index in [0.717, 1.165) is 32.1 Å². The quantitative estimate of drug-likeness (QED) is 0.858. The number of nitrogens with zero attached hydrogens (tertiary/aromatic N) is 1. The van der Waals surface area contributed by atoms with E-state index in [9.17, 15) is 13.2 Å². The van der Waals surface area contributed by atoms with Gasteiger partial charge in [-0.15, -0.1) is 0 Å². The predicted molar refractivity (Wildman–Crippen MR) is 96.8 cm³/mol. The lowest BCUT2D eigenvalue weighted by molar-refractivity contribution is 0.0886. The summed E-state index contributed by atoms with van der Waals surface area (Å²) < 4.78 is 26.9. The molecule has 3 atom stereocenters. The van der Waals surface area contributed by atoms with Crippen LogP contribution in [0.5, 0.6) is 0 Å². The molecular formula is C18H29N3O3S. The maximum atomic E-state index is 12.7. The molecule has 1 saturated heterocycles. The van der Waals surface area contributed by atoms with E-state index in [1.807, 2.05) is 0 Å². The smallest absolute Gasteiger partial charge is 0.267 e. The van der Waals surface area contributed by atoms with Crippen molar-refractivity contribution in [3.05, 3.63) is 18.0 Å². The lowest BCUT2D eigenvalue weighted by atomic mass is 9.78. The highest BCUT2D eigenvalue weighted by molar-refractivity contribution is 7.89. The van der Waals surface area contributed by atoms with E-state index < -0.39 is 10.0 Å². The molecule has 2 aliphatic rings. The van der Waals surface area contributed by atoms with E-state index in [4.69, 9.17) is 0 Å². The largest absolute Gasteiger partial charge is 0.356 e. The van der Waals surface area contributed by atoms with Gasteiger partial charge < -0.3 is 10.3 Å². The van der Waals surface area contributed by atoms with Gasteiger partial charge in [0.15, 0.2) is 0 Å². The normalized spacial score (nSPS) is 28.6. The molecule has 140 valence electrons. The van der Waals surface area contributed by atoms with Crippen molar-refractivity contribution in [3.63, 3.8) is 0 Å². The van der Waals surface area contributed by atoms with Gasteiger partial charge in [0.05, 0.1) is 0 Å². The zero-order valence-corrected chi connectivity index (χ0v) is 15.9. The van der Waals surface area contributed by atoms with Crippen molar-refractivity contribution in [2.24, 2.45) is 11.8 Å². The molecule has 1 aliphatic carbocycles. The second-order valence-electron chi connectivity index (χ2n) is 7.56. The predicted octanol–water partition coefficient (Wildman–Crippen LogP) is 2.74. The number of nitrogens with one attached hydrogen (secondary N) is 2. The molecule has 0 aromatic carbocycles. The molecule has 0 bridgehead atoms. The minimum atomic E-state index is -3.51. The molecule has 1 aromatic rings. The van der Waals surface area contributed by atoms with E-state index >= 15 is 0 Å². The van der Waals surface area contributed by atoms with Crippen LogP contribution in [0.1, 0.15) is 62.9 Å². The Morgan fingerprint density at radius 1 is 1.16 bits per heavy atom. The van der Waals surface area contributed by atoms with Crippen LogP contribution in [0.3, 0.4) is 0 Å². The number of sulfonamides is 1. The number of hydrogen-bond donors (Lipinski definition) is 2. The monoisotopic (exact) mass is 367 g/mol. The summed E-state index contributed by atoms with van der Waals surface area (Å²) in [5, 5.41) is 3.08. The first-order chi connectivity index (χ1) is 11.9. The van der Waals surface area contributed by atoms with Crippen LogP contribution >= 0.6 is 0 Å². The zero-order chi connectivity index (χ0) is 18.0. The van der Waals surface area contributed by atoms with Crippen LogP contribution < -0.4 is 5.32 Å². The standard InChI is InChI=1S/C18H29N3O3S/c1-13-7-6-8-16(14(13)2)20-18(22)17-11-15(12-19-17)25(23,24)21-9-4-3-5-10-21/h11-14,16,19H,3-10H2,1-2H3,(H,20,22)/t13-,14-,16-/m1/s1. The summed E-state index contributed by atoms with van der Waals surface area (Å²) in [6.07, 6.45) is 7.61. The van der Waals surface area contributed by atoms with Crippen molar-refractivity contribution in [1.29, 1.82) is 0 Å². The number of piperidine rings is 1. The number of aromatic nitrogens is 1. The Bertz CT molecular complexity index is 707. The Labute approximate surface area is 150 Å². The Morgan fingerprint density at radius 2 is 1.88 bits per heavy atom. The summed E-state index contributed by atoms with van der Waals surface area (Å²) >= 11 is 0. The minimum absolute atomic E-state index is 0.154. The van der Waals surface area contributed by atoms with E-state index in [2.05, 4.69) is 24.1 Å². The molecule has 3 rings (SSSR count). The third kappa shape index (κ3) is 3.92. The van der Waals surface area contributed by atoms with Crippen LogP contribution in [0.4, 0.5) is 0 Å². The van der Waals surface area contributed by atoms with Crippen LogP contribution in [-0.4, -0.2) is 42.7 Å². The third-order valence-corrected chi connectivity index (χ3v) is 7.75. The second kappa shape index (κ2) is 7.50. The molecular weight excluding hydrogens is 338 g/mol. The Hall–Kier alpha value is -1.34. The van der Waals surface area contributed by atoms with Gasteiger partial charge in [0.25, 0.3) is 5.91 Å². The van der Waals surface area contributed by atoms with Gasteiger partial charge in [-0.25, -0.2) is 8.42 Å². The van der Waals surface area contributed by atoms with Crippen LogP contribution in [0.25, 0.3) is 0 Å². The lowest BCUT2D eigenvalue weighted by Gasteiger charge is -2.34. The fraction of sp³-hybridized carbons (Fsp3) is 0.722. The molecule has 2 fully saturated rings. The van der Waals surface area contributed by atoms with E-state index in [1.54, 1.807) is 0 Å². The van der Waals surface area contributed by atoms with Crippen molar-refractivity contribution < 1.29 is 13.2 Å². The molecule has 1 aliphatic heterocycles. The van der Waals surface area contributed by atoms with Gasteiger partial charge in [0.1, 0.15) is 10.6 Å². The van der Waals surface area contributed by atoms with Crippen molar-refractivity contribution in [2.75, 3.05) is 13.1 Å². The van der Waals surface area contributed by atoms with Gasteiger partial charge in [0, 0.05) is 25.3 Å². The third-order valence-electron chi connectivity index (χ3n) is 5.88. The maximum absolute atomic E-state index is 12.7. The molecule has 0 unspecified atom stereocenters. The molecule has 1 aromatic heterocycles. The van der Waals surface area contributed by atoms with E-state index in [-0.39, 0.29) is 16.8 Å². The van der Waals surface area contributed by atoms with Crippen LogP contribution in [0.2, 0.25) is 0 Å². The van der Waals surface area contributed by atoms with Crippen molar-refractivity contribution in [2.45, 2.75) is 63.3 Å². The fourth-order valence-electron chi connectivity index (χ4n) is 3.94. The Balaban J connectivity index is 1.69. The Morgan fingerprint density at radius 3 is 2.60 bits per heavy atom. The summed E-state index contributed by atoms with van der Waals surface area (Å²) in [6.45, 7) is 5.52. The van der Waals surface area contributed by atoms with Gasteiger partial charge in [-0.2, -0.15) is 4.31 Å². The molecule has 2 N–H and O–H groups in total. The SMILES string of the molecule is C[C@@H]1[C@H](C)CCC[C@H]1NC(=O)c1cc(S(=O)(=O)N2CCCCC2)c[nH]1. The minimum Gasteiger partial charge on any atom is -0.356 e. The number of hydrogen-bond acceptors (Lipinski definition) is 3. The highest BCUT2D eigenvalue weighted by Gasteiger charge is 2.30. The van der Waals surface area contributed by atoms with Gasteiger partial charge in [-0.3, -0.25) is 4.79 Å². The topological polar surface area (TPSA) is 82.3 Å². The number of carbonyl (C=O) groups excluding carboxylic acids is 1.